The van der Waals surface area contributed by atoms with Gasteiger partial charge in [0.15, 0.2) is 6.61 Å². The van der Waals surface area contributed by atoms with Gasteiger partial charge in [-0.25, -0.2) is 4.98 Å². The van der Waals surface area contributed by atoms with Crippen LogP contribution in [0.3, 0.4) is 0 Å². The number of aryl methyl sites for hydroxylation is 1. The van der Waals surface area contributed by atoms with Crippen molar-refractivity contribution < 1.29 is 31.1 Å². The van der Waals surface area contributed by atoms with Gasteiger partial charge in [-0.2, -0.15) is 31.3 Å². The van der Waals surface area contributed by atoms with E-state index < -0.39 is 30.4 Å². The molecular formula is C15H13F6N3O. The van der Waals surface area contributed by atoms with Gasteiger partial charge in [0, 0.05) is 11.9 Å². The number of hydrogen-bond acceptors (Lipinski definition) is 4. The van der Waals surface area contributed by atoms with Crippen LogP contribution in [0.15, 0.2) is 30.5 Å². The molecule has 10 heteroatoms. The summed E-state index contributed by atoms with van der Waals surface area (Å²) in [6.45, 7) is 0.0225. The minimum absolute atomic E-state index is 0.307. The number of hydrogen-bond donors (Lipinski definition) is 1. The molecule has 4 nitrogen and oxygen atoms in total. The average Bonchev–Trinajstić information content (AvgIpc) is 2.51. The smallest absolute Gasteiger partial charge is 0.423 e. The molecule has 0 aliphatic rings. The highest BCUT2D eigenvalue weighted by molar-refractivity contribution is 5.55. The second-order valence-electron chi connectivity index (χ2n) is 4.99. The van der Waals surface area contributed by atoms with E-state index in [9.17, 15) is 26.3 Å². The monoisotopic (exact) mass is 365 g/mol. The van der Waals surface area contributed by atoms with Crippen LogP contribution in [0.2, 0.25) is 0 Å². The average molecular weight is 365 g/mol. The van der Waals surface area contributed by atoms with Gasteiger partial charge < -0.3 is 10.1 Å². The molecule has 1 aromatic heterocycles. The molecule has 0 spiro atoms. The van der Waals surface area contributed by atoms with Crippen molar-refractivity contribution in [3.05, 3.63) is 41.6 Å². The van der Waals surface area contributed by atoms with Gasteiger partial charge in [-0.1, -0.05) is 19.1 Å². The van der Waals surface area contributed by atoms with Gasteiger partial charge >= 0.3 is 12.4 Å². The predicted molar refractivity (Wildman–Crippen MR) is 77.7 cm³/mol. The molecule has 0 fully saturated rings. The topological polar surface area (TPSA) is 47.0 Å². The lowest BCUT2D eigenvalue weighted by Gasteiger charge is -2.15. The Kier molecular flexibility index (Phi) is 5.39. The fourth-order valence-electron chi connectivity index (χ4n) is 1.88. The Bertz CT molecular complexity index is 730. The molecule has 0 saturated heterocycles. The number of benzene rings is 1. The minimum Gasteiger partial charge on any atom is -0.467 e. The molecule has 0 atom stereocenters. The number of rotatable bonds is 5. The molecule has 0 radical (unpaired) electrons. The zero-order chi connectivity index (χ0) is 18.7. The van der Waals surface area contributed by atoms with Crippen LogP contribution >= 0.6 is 0 Å². The molecular weight excluding hydrogens is 352 g/mol. The molecule has 1 N–H and O–H groups in total. The Labute approximate surface area is 138 Å². The van der Waals surface area contributed by atoms with Crippen LogP contribution < -0.4 is 10.1 Å². The summed E-state index contributed by atoms with van der Waals surface area (Å²) < 4.78 is 79.5. The van der Waals surface area contributed by atoms with Crippen LogP contribution in [0.1, 0.15) is 18.1 Å². The molecule has 1 aromatic carbocycles. The first-order valence-electron chi connectivity index (χ1n) is 7.08. The van der Waals surface area contributed by atoms with Gasteiger partial charge in [0.05, 0.1) is 0 Å². The third-order valence-electron chi connectivity index (χ3n) is 3.02. The summed E-state index contributed by atoms with van der Waals surface area (Å²) in [4.78, 5) is 6.93. The van der Waals surface area contributed by atoms with E-state index in [0.29, 0.717) is 11.9 Å². The Balaban J connectivity index is 2.30. The summed E-state index contributed by atoms with van der Waals surface area (Å²) in [6.07, 6.45) is -8.63. The van der Waals surface area contributed by atoms with E-state index in [1.54, 1.807) is 18.2 Å². The number of aromatic nitrogens is 2. The van der Waals surface area contributed by atoms with Gasteiger partial charge in [-0.15, -0.1) is 0 Å². The molecule has 1 heterocycles. The van der Waals surface area contributed by atoms with E-state index in [1.807, 2.05) is 13.0 Å². The first kappa shape index (κ1) is 18.8. The second-order valence-corrected chi connectivity index (χ2v) is 4.99. The standard InChI is InChI=1S/C15H13F6N3O/c1-2-9-4-3-5-10(6-9)23-13-22-7-11(15(19,20)21)12(24-13)25-8-14(16,17)18/h3-7H,2,8H2,1H3,(H,22,23,24). The second kappa shape index (κ2) is 7.16. The van der Waals surface area contributed by atoms with Gasteiger partial charge in [0.1, 0.15) is 5.56 Å². The number of halogens is 6. The number of ether oxygens (including phenoxy) is 1. The maximum absolute atomic E-state index is 12.9. The van der Waals surface area contributed by atoms with Crippen LogP contribution in [0, 0.1) is 0 Å². The van der Waals surface area contributed by atoms with Crippen LogP contribution in [0.4, 0.5) is 38.0 Å². The molecule has 0 aliphatic carbocycles. The molecule has 136 valence electrons. The maximum Gasteiger partial charge on any atom is 0.423 e. The highest BCUT2D eigenvalue weighted by atomic mass is 19.4. The molecule has 0 saturated carbocycles. The van der Waals surface area contributed by atoms with E-state index in [-0.39, 0.29) is 5.95 Å². The summed E-state index contributed by atoms with van der Waals surface area (Å²) in [5, 5.41) is 2.64. The fourth-order valence-corrected chi connectivity index (χ4v) is 1.88. The van der Waals surface area contributed by atoms with Gasteiger partial charge in [-0.3, -0.25) is 0 Å². The largest absolute Gasteiger partial charge is 0.467 e. The van der Waals surface area contributed by atoms with Crippen molar-refractivity contribution in [3.63, 3.8) is 0 Å². The lowest BCUT2D eigenvalue weighted by Crippen LogP contribution is -2.22. The van der Waals surface area contributed by atoms with Crippen LogP contribution in [-0.4, -0.2) is 22.8 Å². The SMILES string of the molecule is CCc1cccc(Nc2ncc(C(F)(F)F)c(OCC(F)(F)F)n2)c1. The van der Waals surface area contributed by atoms with Crippen molar-refractivity contribution in [2.24, 2.45) is 0 Å². The minimum atomic E-state index is -4.94. The quantitative estimate of drug-likeness (QED) is 0.778. The molecule has 0 unspecified atom stereocenters. The first-order valence-corrected chi connectivity index (χ1v) is 7.08. The number of alkyl halides is 6. The molecule has 0 amide bonds. The number of nitrogens with one attached hydrogen (secondary N) is 1. The lowest BCUT2D eigenvalue weighted by atomic mass is 10.1. The van der Waals surface area contributed by atoms with Gasteiger partial charge in [0.2, 0.25) is 11.8 Å². The molecule has 0 aliphatic heterocycles. The third-order valence-corrected chi connectivity index (χ3v) is 3.02. The molecule has 2 rings (SSSR count). The van der Waals surface area contributed by atoms with Crippen LogP contribution in [0.25, 0.3) is 0 Å². The van der Waals surface area contributed by atoms with E-state index in [1.165, 1.54) is 0 Å². The van der Waals surface area contributed by atoms with E-state index in [4.69, 9.17) is 0 Å². The first-order chi connectivity index (χ1) is 11.6. The fraction of sp³-hybridized carbons (Fsp3) is 0.333. The summed E-state index contributed by atoms with van der Waals surface area (Å²) in [5.41, 5.74) is -0.0454. The van der Waals surface area contributed by atoms with Crippen molar-refractivity contribution >= 4 is 11.6 Å². The predicted octanol–water partition coefficient (Wildman–Crippen LogP) is 4.74. The number of anilines is 2. The zero-order valence-corrected chi connectivity index (χ0v) is 12.9. The highest BCUT2D eigenvalue weighted by Crippen LogP contribution is 2.36. The van der Waals surface area contributed by atoms with Crippen molar-refractivity contribution in [2.45, 2.75) is 25.7 Å². The molecule has 25 heavy (non-hydrogen) atoms. The Morgan fingerprint density at radius 1 is 1.12 bits per heavy atom. The normalized spacial score (nSPS) is 12.1. The van der Waals surface area contributed by atoms with Gasteiger partial charge in [-0.05, 0) is 24.1 Å². The number of nitrogens with zero attached hydrogens (tertiary/aromatic N) is 2. The van der Waals surface area contributed by atoms with E-state index in [2.05, 4.69) is 20.0 Å². The summed E-state index contributed by atoms with van der Waals surface area (Å²) in [6, 6.07) is 6.90. The van der Waals surface area contributed by atoms with Crippen LogP contribution in [-0.2, 0) is 12.6 Å². The van der Waals surface area contributed by atoms with Gasteiger partial charge in [0.25, 0.3) is 0 Å². The Hall–Kier alpha value is -2.52. The van der Waals surface area contributed by atoms with Crippen molar-refractivity contribution in [2.75, 3.05) is 11.9 Å². The van der Waals surface area contributed by atoms with E-state index in [0.717, 1.165) is 12.0 Å². The Morgan fingerprint density at radius 2 is 1.84 bits per heavy atom. The van der Waals surface area contributed by atoms with Crippen molar-refractivity contribution in [1.82, 2.24) is 9.97 Å². The van der Waals surface area contributed by atoms with Crippen molar-refractivity contribution in [1.29, 1.82) is 0 Å². The third kappa shape index (κ3) is 5.50. The maximum atomic E-state index is 12.9. The van der Waals surface area contributed by atoms with E-state index >= 15 is 0 Å². The summed E-state index contributed by atoms with van der Waals surface area (Å²) in [7, 11) is 0. The summed E-state index contributed by atoms with van der Waals surface area (Å²) >= 11 is 0. The molecule has 2 aromatic rings. The highest BCUT2D eigenvalue weighted by Gasteiger charge is 2.38. The van der Waals surface area contributed by atoms with Crippen LogP contribution in [0.5, 0.6) is 5.88 Å². The summed E-state index contributed by atoms with van der Waals surface area (Å²) in [5.74, 6) is -1.49. The Morgan fingerprint density at radius 3 is 2.44 bits per heavy atom. The zero-order valence-electron chi connectivity index (χ0n) is 12.9. The van der Waals surface area contributed by atoms with Crippen molar-refractivity contribution in [3.8, 4) is 5.88 Å². The molecule has 0 bridgehead atoms. The lowest BCUT2D eigenvalue weighted by molar-refractivity contribution is -0.159.